The van der Waals surface area contributed by atoms with E-state index < -0.39 is 0 Å². The number of nitrogens with zero attached hydrogens (tertiary/aromatic N) is 1. The van der Waals surface area contributed by atoms with Crippen molar-refractivity contribution < 1.29 is 0 Å². The molecular weight excluding hydrogens is 156 g/mol. The van der Waals surface area contributed by atoms with Crippen LogP contribution in [0.2, 0.25) is 0 Å². The van der Waals surface area contributed by atoms with E-state index in [1.54, 1.807) is 0 Å². The molecule has 0 fully saturated rings. The highest BCUT2D eigenvalue weighted by Crippen LogP contribution is 2.06. The fourth-order valence-corrected chi connectivity index (χ4v) is 1.40. The summed E-state index contributed by atoms with van der Waals surface area (Å²) >= 11 is 3.94. The van der Waals surface area contributed by atoms with E-state index in [0.717, 1.165) is 12.6 Å². The standard InChI is InChI=1S/C8H20N2S/c1-4-8(10(2)3)6-5-7-9-11/h8-9,11H,4-7H2,1-3H3. The van der Waals surface area contributed by atoms with Crippen LogP contribution in [0.5, 0.6) is 0 Å². The van der Waals surface area contributed by atoms with E-state index in [1.807, 2.05) is 0 Å². The van der Waals surface area contributed by atoms with Crippen molar-refractivity contribution in [2.45, 2.75) is 32.2 Å². The van der Waals surface area contributed by atoms with Crippen LogP contribution in [0.1, 0.15) is 26.2 Å². The van der Waals surface area contributed by atoms with Gasteiger partial charge < -0.3 is 4.90 Å². The second kappa shape index (κ2) is 6.95. The van der Waals surface area contributed by atoms with E-state index in [4.69, 9.17) is 0 Å². The molecule has 0 aliphatic heterocycles. The third-order valence-electron chi connectivity index (χ3n) is 2.03. The van der Waals surface area contributed by atoms with Crippen LogP contribution >= 0.6 is 12.8 Å². The van der Waals surface area contributed by atoms with Crippen molar-refractivity contribution in [3.8, 4) is 0 Å². The molecule has 0 aromatic rings. The summed E-state index contributed by atoms with van der Waals surface area (Å²) in [6, 6.07) is 0.733. The minimum absolute atomic E-state index is 0.733. The molecule has 0 bridgehead atoms. The van der Waals surface area contributed by atoms with Crippen molar-refractivity contribution in [2.75, 3.05) is 20.6 Å². The Morgan fingerprint density at radius 2 is 2.09 bits per heavy atom. The second-order valence-electron chi connectivity index (χ2n) is 3.08. The molecule has 0 aliphatic carbocycles. The van der Waals surface area contributed by atoms with Crippen molar-refractivity contribution in [3.63, 3.8) is 0 Å². The Kier molecular flexibility index (Phi) is 7.12. The smallest absolute Gasteiger partial charge is 0.00870 e. The van der Waals surface area contributed by atoms with E-state index in [1.165, 1.54) is 19.3 Å². The lowest BCUT2D eigenvalue weighted by molar-refractivity contribution is 0.267. The minimum atomic E-state index is 0.733. The van der Waals surface area contributed by atoms with Gasteiger partial charge in [-0.2, -0.15) is 0 Å². The van der Waals surface area contributed by atoms with Crippen LogP contribution in [-0.2, 0) is 0 Å². The third kappa shape index (κ3) is 5.53. The Balaban J connectivity index is 3.36. The quantitative estimate of drug-likeness (QED) is 0.471. The second-order valence-corrected chi connectivity index (χ2v) is 3.39. The van der Waals surface area contributed by atoms with Crippen molar-refractivity contribution in [1.29, 1.82) is 0 Å². The average molecular weight is 176 g/mol. The summed E-state index contributed by atoms with van der Waals surface area (Å²) in [6.07, 6.45) is 3.71. The highest BCUT2D eigenvalue weighted by molar-refractivity contribution is 7.78. The summed E-state index contributed by atoms with van der Waals surface area (Å²) in [6.45, 7) is 3.24. The zero-order chi connectivity index (χ0) is 8.69. The molecule has 1 atom stereocenters. The van der Waals surface area contributed by atoms with Crippen LogP contribution < -0.4 is 4.72 Å². The van der Waals surface area contributed by atoms with Gasteiger partial charge in [0.1, 0.15) is 0 Å². The molecule has 0 radical (unpaired) electrons. The molecule has 68 valence electrons. The van der Waals surface area contributed by atoms with Gasteiger partial charge in [0.2, 0.25) is 0 Å². The maximum atomic E-state index is 3.94. The van der Waals surface area contributed by atoms with Gasteiger partial charge in [-0.25, -0.2) is 0 Å². The van der Waals surface area contributed by atoms with Crippen molar-refractivity contribution in [1.82, 2.24) is 9.62 Å². The minimum Gasteiger partial charge on any atom is -0.306 e. The third-order valence-corrected chi connectivity index (χ3v) is 2.25. The molecule has 2 nitrogen and oxygen atoms in total. The van der Waals surface area contributed by atoms with E-state index in [-0.39, 0.29) is 0 Å². The summed E-state index contributed by atoms with van der Waals surface area (Å²) < 4.78 is 2.86. The summed E-state index contributed by atoms with van der Waals surface area (Å²) in [5.41, 5.74) is 0. The van der Waals surface area contributed by atoms with E-state index in [9.17, 15) is 0 Å². The first-order valence-corrected chi connectivity index (χ1v) is 4.70. The van der Waals surface area contributed by atoms with Gasteiger partial charge in [0.15, 0.2) is 0 Å². The lowest BCUT2D eigenvalue weighted by atomic mass is 10.1. The van der Waals surface area contributed by atoms with Gasteiger partial charge in [0.25, 0.3) is 0 Å². The predicted octanol–water partition coefficient (Wildman–Crippen LogP) is 1.54. The van der Waals surface area contributed by atoms with Crippen molar-refractivity contribution in [3.05, 3.63) is 0 Å². The lowest BCUT2D eigenvalue weighted by Gasteiger charge is -2.22. The van der Waals surface area contributed by atoms with Gasteiger partial charge in [-0.1, -0.05) is 19.7 Å². The molecule has 3 heteroatoms. The molecule has 0 aromatic heterocycles. The van der Waals surface area contributed by atoms with Crippen LogP contribution in [0.3, 0.4) is 0 Å². The number of hydrogen-bond acceptors (Lipinski definition) is 3. The van der Waals surface area contributed by atoms with Gasteiger partial charge in [0.05, 0.1) is 0 Å². The molecule has 0 aromatic carbocycles. The molecule has 0 saturated carbocycles. The number of nitrogens with one attached hydrogen (secondary N) is 1. The maximum absolute atomic E-state index is 3.94. The van der Waals surface area contributed by atoms with Crippen LogP contribution in [0.25, 0.3) is 0 Å². The molecule has 0 aliphatic rings. The molecule has 11 heavy (non-hydrogen) atoms. The van der Waals surface area contributed by atoms with Crippen LogP contribution in [0.4, 0.5) is 0 Å². The average Bonchev–Trinajstić information content (AvgIpc) is 1.97. The molecule has 1 N–H and O–H groups in total. The van der Waals surface area contributed by atoms with Crippen LogP contribution in [0.15, 0.2) is 0 Å². The molecule has 0 spiro atoms. The molecule has 0 amide bonds. The molecular formula is C8H20N2S. The molecule has 0 rings (SSSR count). The van der Waals surface area contributed by atoms with Gasteiger partial charge in [-0.3, -0.25) is 4.72 Å². The van der Waals surface area contributed by atoms with E-state index in [0.29, 0.717) is 0 Å². The number of rotatable bonds is 6. The first-order chi connectivity index (χ1) is 5.22. The Morgan fingerprint density at radius 3 is 2.45 bits per heavy atom. The van der Waals surface area contributed by atoms with Gasteiger partial charge >= 0.3 is 0 Å². The van der Waals surface area contributed by atoms with Crippen molar-refractivity contribution >= 4 is 12.8 Å². The zero-order valence-electron chi connectivity index (χ0n) is 7.80. The Bertz CT molecular complexity index is 86.2. The first-order valence-electron chi connectivity index (χ1n) is 4.25. The maximum Gasteiger partial charge on any atom is 0.00870 e. The largest absolute Gasteiger partial charge is 0.306 e. The molecule has 0 heterocycles. The fraction of sp³-hybridized carbons (Fsp3) is 1.00. The van der Waals surface area contributed by atoms with Crippen LogP contribution in [0, 0.1) is 0 Å². The summed E-state index contributed by atoms with van der Waals surface area (Å²) in [4.78, 5) is 2.29. The highest BCUT2D eigenvalue weighted by atomic mass is 32.1. The van der Waals surface area contributed by atoms with Gasteiger partial charge in [-0.05, 0) is 33.4 Å². The fourth-order valence-electron chi connectivity index (χ4n) is 1.24. The zero-order valence-corrected chi connectivity index (χ0v) is 8.69. The van der Waals surface area contributed by atoms with E-state index in [2.05, 4.69) is 43.5 Å². The molecule has 0 saturated heterocycles. The first kappa shape index (κ1) is 11.3. The van der Waals surface area contributed by atoms with Crippen molar-refractivity contribution in [2.24, 2.45) is 0 Å². The van der Waals surface area contributed by atoms with E-state index >= 15 is 0 Å². The Morgan fingerprint density at radius 1 is 1.45 bits per heavy atom. The highest BCUT2D eigenvalue weighted by Gasteiger charge is 2.06. The topological polar surface area (TPSA) is 15.3 Å². The van der Waals surface area contributed by atoms with Gasteiger partial charge in [0, 0.05) is 12.6 Å². The Labute approximate surface area is 75.9 Å². The normalized spacial score (nSPS) is 13.9. The van der Waals surface area contributed by atoms with Crippen LogP contribution in [-0.4, -0.2) is 31.6 Å². The Hall–Kier alpha value is 0.270. The summed E-state index contributed by atoms with van der Waals surface area (Å²) in [7, 11) is 4.28. The summed E-state index contributed by atoms with van der Waals surface area (Å²) in [5, 5.41) is 0. The SMILES string of the molecule is CCC(CCCNS)N(C)C. The predicted molar refractivity (Wildman–Crippen MR) is 54.0 cm³/mol. The molecule has 1 unspecified atom stereocenters. The van der Waals surface area contributed by atoms with Gasteiger partial charge in [-0.15, -0.1) is 0 Å². The number of hydrogen-bond donors (Lipinski definition) is 2. The lowest BCUT2D eigenvalue weighted by Crippen LogP contribution is -2.27. The summed E-state index contributed by atoms with van der Waals surface area (Å²) in [5.74, 6) is 0. The number of thiol groups is 1. The monoisotopic (exact) mass is 176 g/mol.